The molecule has 0 fully saturated rings. The molecule has 178 valence electrons. The van der Waals surface area contributed by atoms with Crippen LogP contribution in [0.3, 0.4) is 0 Å². The van der Waals surface area contributed by atoms with Crippen LogP contribution in [0.5, 0.6) is 0 Å². The number of anilines is 2. The molecule has 3 rings (SSSR count). The minimum Gasteiger partial charge on any atom is -0.326 e. The number of nitrogens with zero attached hydrogens (tertiary/aromatic N) is 1. The first kappa shape index (κ1) is 25.1. The van der Waals surface area contributed by atoms with Crippen molar-refractivity contribution in [2.45, 2.75) is 17.5 Å². The number of sulfonamides is 1. The van der Waals surface area contributed by atoms with Crippen LogP contribution in [-0.2, 0) is 27.4 Å². The van der Waals surface area contributed by atoms with E-state index in [0.717, 1.165) is 24.4 Å². The predicted molar refractivity (Wildman–Crippen MR) is 119 cm³/mol. The summed E-state index contributed by atoms with van der Waals surface area (Å²) in [5, 5.41) is 10.4. The number of hydrogen-bond donors (Lipinski definition) is 3. The molecule has 34 heavy (non-hydrogen) atoms. The molecule has 0 atom stereocenters. The van der Waals surface area contributed by atoms with E-state index >= 15 is 0 Å². The van der Waals surface area contributed by atoms with Gasteiger partial charge in [0.25, 0.3) is 5.91 Å². The number of rotatable bonds is 6. The molecule has 0 aliphatic carbocycles. The van der Waals surface area contributed by atoms with E-state index in [4.69, 9.17) is 16.7 Å². The van der Waals surface area contributed by atoms with Gasteiger partial charge in [0.1, 0.15) is 5.69 Å². The SMILES string of the molecule is NS(=O)(=O)c1cc(NC(=O)Cc2ccccc2Cl)ccc1C(=O)Nc1ccc(C(F)(F)F)nc1. The quantitative estimate of drug-likeness (QED) is 0.462. The lowest BCUT2D eigenvalue weighted by Gasteiger charge is -2.12. The third-order valence-corrected chi connectivity index (χ3v) is 5.76. The fourth-order valence-electron chi connectivity index (χ4n) is 2.88. The zero-order chi connectivity index (χ0) is 25.1. The number of primary sulfonamides is 1. The maximum Gasteiger partial charge on any atom is 0.433 e. The highest BCUT2D eigenvalue weighted by molar-refractivity contribution is 7.89. The van der Waals surface area contributed by atoms with Crippen LogP contribution in [0.2, 0.25) is 5.02 Å². The largest absolute Gasteiger partial charge is 0.433 e. The van der Waals surface area contributed by atoms with Crippen LogP contribution in [0.4, 0.5) is 24.5 Å². The average molecular weight is 513 g/mol. The van der Waals surface area contributed by atoms with Crippen molar-refractivity contribution in [2.24, 2.45) is 5.14 Å². The molecule has 1 aromatic heterocycles. The number of benzene rings is 2. The molecular formula is C21H16ClF3N4O4S. The highest BCUT2D eigenvalue weighted by Gasteiger charge is 2.32. The molecule has 8 nitrogen and oxygen atoms in total. The van der Waals surface area contributed by atoms with Gasteiger partial charge in [0.2, 0.25) is 15.9 Å². The summed E-state index contributed by atoms with van der Waals surface area (Å²) in [5.74, 6) is -1.46. The van der Waals surface area contributed by atoms with E-state index < -0.39 is 38.6 Å². The van der Waals surface area contributed by atoms with Crippen molar-refractivity contribution in [1.82, 2.24) is 4.98 Å². The van der Waals surface area contributed by atoms with Crippen LogP contribution in [0.1, 0.15) is 21.6 Å². The number of pyridine rings is 1. The fraction of sp³-hybridized carbons (Fsp3) is 0.0952. The van der Waals surface area contributed by atoms with Crippen molar-refractivity contribution < 1.29 is 31.2 Å². The van der Waals surface area contributed by atoms with E-state index in [1.807, 2.05) is 0 Å². The molecule has 2 aromatic carbocycles. The highest BCUT2D eigenvalue weighted by atomic mass is 35.5. The van der Waals surface area contributed by atoms with Gasteiger partial charge >= 0.3 is 6.18 Å². The molecule has 0 spiro atoms. The topological polar surface area (TPSA) is 131 Å². The third kappa shape index (κ3) is 6.31. The first-order chi connectivity index (χ1) is 15.8. The molecule has 0 saturated carbocycles. The Morgan fingerprint density at radius 1 is 1.00 bits per heavy atom. The number of hydrogen-bond acceptors (Lipinski definition) is 5. The van der Waals surface area contributed by atoms with Crippen LogP contribution in [0, 0.1) is 0 Å². The fourth-order valence-corrected chi connectivity index (χ4v) is 3.84. The van der Waals surface area contributed by atoms with E-state index in [2.05, 4.69) is 15.6 Å². The molecule has 0 unspecified atom stereocenters. The summed E-state index contributed by atoms with van der Waals surface area (Å²) in [6.07, 6.45) is -3.97. The summed E-state index contributed by atoms with van der Waals surface area (Å²) in [7, 11) is -4.42. The Kier molecular flexibility index (Phi) is 7.24. The minimum atomic E-state index is -4.66. The molecule has 0 bridgehead atoms. The van der Waals surface area contributed by atoms with Gasteiger partial charge in [-0.05, 0) is 42.0 Å². The Morgan fingerprint density at radius 2 is 1.68 bits per heavy atom. The summed E-state index contributed by atoms with van der Waals surface area (Å²) in [6, 6.07) is 11.7. The summed E-state index contributed by atoms with van der Waals surface area (Å²) >= 11 is 6.03. The van der Waals surface area contributed by atoms with Crippen LogP contribution < -0.4 is 15.8 Å². The summed E-state index contributed by atoms with van der Waals surface area (Å²) < 4.78 is 62.0. The number of nitrogens with one attached hydrogen (secondary N) is 2. The molecule has 0 saturated heterocycles. The van der Waals surface area contributed by atoms with E-state index in [1.165, 1.54) is 6.07 Å². The van der Waals surface area contributed by atoms with Gasteiger partial charge in [-0.25, -0.2) is 18.5 Å². The molecule has 0 radical (unpaired) electrons. The molecule has 2 amide bonds. The lowest BCUT2D eigenvalue weighted by Crippen LogP contribution is -2.22. The zero-order valence-corrected chi connectivity index (χ0v) is 18.6. The first-order valence-electron chi connectivity index (χ1n) is 9.39. The van der Waals surface area contributed by atoms with E-state index in [9.17, 15) is 31.2 Å². The summed E-state index contributed by atoms with van der Waals surface area (Å²) in [6.45, 7) is 0. The maximum atomic E-state index is 12.6. The van der Waals surface area contributed by atoms with Gasteiger partial charge in [-0.2, -0.15) is 13.2 Å². The molecule has 4 N–H and O–H groups in total. The Hall–Kier alpha value is -3.48. The standard InChI is InChI=1S/C21H16ClF3N4O4S/c22-16-4-2-1-3-12(16)9-19(30)28-13-5-7-15(17(10-13)34(26,32)33)20(31)29-14-6-8-18(27-11-14)21(23,24)25/h1-8,10-11H,9H2,(H,28,30)(H,29,31)(H2,26,32,33). The Bertz CT molecular complexity index is 1350. The lowest BCUT2D eigenvalue weighted by atomic mass is 10.1. The van der Waals surface area contributed by atoms with Crippen LogP contribution in [0.15, 0.2) is 65.7 Å². The average Bonchev–Trinajstić information content (AvgIpc) is 2.74. The van der Waals surface area contributed by atoms with E-state index in [1.54, 1.807) is 24.3 Å². The monoisotopic (exact) mass is 512 g/mol. The normalized spacial score (nSPS) is 11.7. The van der Waals surface area contributed by atoms with Crippen molar-refractivity contribution in [1.29, 1.82) is 0 Å². The molecule has 0 aliphatic rings. The zero-order valence-electron chi connectivity index (χ0n) is 17.1. The van der Waals surface area contributed by atoms with Crippen LogP contribution >= 0.6 is 11.6 Å². The Balaban J connectivity index is 1.81. The van der Waals surface area contributed by atoms with E-state index in [0.29, 0.717) is 16.7 Å². The van der Waals surface area contributed by atoms with Gasteiger partial charge in [-0.15, -0.1) is 0 Å². The van der Waals surface area contributed by atoms with Gasteiger partial charge in [-0.3, -0.25) is 9.59 Å². The van der Waals surface area contributed by atoms with Crippen molar-refractivity contribution in [2.75, 3.05) is 10.6 Å². The Labute approximate surface area is 197 Å². The first-order valence-corrected chi connectivity index (χ1v) is 11.3. The molecular weight excluding hydrogens is 497 g/mol. The van der Waals surface area contributed by atoms with E-state index in [-0.39, 0.29) is 23.4 Å². The number of nitrogens with two attached hydrogens (primary N) is 1. The molecule has 3 aromatic rings. The van der Waals surface area contributed by atoms with Crippen LogP contribution in [-0.4, -0.2) is 25.2 Å². The molecule has 13 heteroatoms. The molecule has 1 heterocycles. The maximum absolute atomic E-state index is 12.6. The van der Waals surface area contributed by atoms with Gasteiger partial charge in [0.05, 0.1) is 28.8 Å². The summed E-state index contributed by atoms with van der Waals surface area (Å²) in [5.41, 5.74) is -1.04. The second kappa shape index (κ2) is 9.79. The van der Waals surface area contributed by atoms with Crippen molar-refractivity contribution in [3.8, 4) is 0 Å². The second-order valence-electron chi connectivity index (χ2n) is 6.96. The third-order valence-electron chi connectivity index (χ3n) is 4.44. The van der Waals surface area contributed by atoms with Crippen molar-refractivity contribution >= 4 is 44.8 Å². The van der Waals surface area contributed by atoms with Crippen molar-refractivity contribution in [3.05, 3.63) is 82.6 Å². The number of aromatic nitrogens is 1. The highest BCUT2D eigenvalue weighted by Crippen LogP contribution is 2.28. The summed E-state index contributed by atoms with van der Waals surface area (Å²) in [4.78, 5) is 27.5. The minimum absolute atomic E-state index is 0.0498. The predicted octanol–water partition coefficient (Wildman–Crippen LogP) is 3.83. The van der Waals surface area contributed by atoms with Gasteiger partial charge in [0.15, 0.2) is 0 Å². The van der Waals surface area contributed by atoms with Gasteiger partial charge in [0, 0.05) is 10.7 Å². The van der Waals surface area contributed by atoms with Gasteiger partial charge in [-0.1, -0.05) is 29.8 Å². The Morgan fingerprint density at radius 3 is 2.26 bits per heavy atom. The van der Waals surface area contributed by atoms with Gasteiger partial charge < -0.3 is 10.6 Å². The number of carbonyl (C=O) groups is 2. The van der Waals surface area contributed by atoms with Crippen LogP contribution in [0.25, 0.3) is 0 Å². The smallest absolute Gasteiger partial charge is 0.326 e. The molecule has 0 aliphatic heterocycles. The second-order valence-corrected chi connectivity index (χ2v) is 8.89. The number of alkyl halides is 3. The lowest BCUT2D eigenvalue weighted by molar-refractivity contribution is -0.141. The number of halogens is 4. The number of amides is 2. The van der Waals surface area contributed by atoms with Crippen molar-refractivity contribution in [3.63, 3.8) is 0 Å². The number of carbonyl (C=O) groups excluding carboxylic acids is 2.